The molecule has 0 fully saturated rings. The van der Waals surface area contributed by atoms with Crippen LogP contribution in [0.1, 0.15) is 5.82 Å². The van der Waals surface area contributed by atoms with Crippen LogP contribution in [0.5, 0.6) is 17.2 Å². The molecule has 11 heteroatoms. The molecule has 0 aliphatic rings. The number of thioether (sulfide) groups is 1. The number of nitrogens with zero attached hydrogens (tertiary/aromatic N) is 4. The molecule has 0 aliphatic carbocycles. The zero-order valence-corrected chi connectivity index (χ0v) is 19.3. The van der Waals surface area contributed by atoms with E-state index in [2.05, 4.69) is 20.5 Å². The predicted molar refractivity (Wildman–Crippen MR) is 124 cm³/mol. The maximum Gasteiger partial charge on any atom is 0.236 e. The van der Waals surface area contributed by atoms with Crippen molar-refractivity contribution in [1.82, 2.24) is 19.7 Å². The molecule has 4 aromatic rings. The average molecular weight is 472 g/mol. The number of amides is 1. The van der Waals surface area contributed by atoms with Gasteiger partial charge < -0.3 is 24.1 Å². The van der Waals surface area contributed by atoms with Crippen molar-refractivity contribution < 1.29 is 19.0 Å². The van der Waals surface area contributed by atoms with Crippen LogP contribution >= 0.6 is 23.1 Å². The lowest BCUT2D eigenvalue weighted by Gasteiger charge is -2.07. The van der Waals surface area contributed by atoms with Crippen molar-refractivity contribution in [3.05, 3.63) is 48.3 Å². The van der Waals surface area contributed by atoms with E-state index in [0.29, 0.717) is 21.9 Å². The molecule has 32 heavy (non-hydrogen) atoms. The Morgan fingerprint density at radius 3 is 2.53 bits per heavy atom. The maximum atomic E-state index is 12.4. The van der Waals surface area contributed by atoms with Crippen molar-refractivity contribution in [2.75, 3.05) is 25.3 Å². The third kappa shape index (κ3) is 5.11. The summed E-state index contributed by atoms with van der Waals surface area (Å²) in [6.45, 7) is 0.262. The summed E-state index contributed by atoms with van der Waals surface area (Å²) in [6.07, 6.45) is 0. The van der Waals surface area contributed by atoms with Crippen molar-refractivity contribution in [2.24, 2.45) is 7.05 Å². The highest BCUT2D eigenvalue weighted by molar-refractivity contribution is 7.99. The number of nitrogens with one attached hydrogen (secondary N) is 1. The number of carbonyl (C=O) groups is 1. The number of rotatable bonds is 9. The first kappa shape index (κ1) is 21.9. The zero-order valence-electron chi connectivity index (χ0n) is 17.7. The SMILES string of the molecule is COc1ccc(OCc2nnc(SCC(=O)Nc3nc4ccc(OC)cc4s3)n2C)cc1. The van der Waals surface area contributed by atoms with Crippen LogP contribution in [-0.4, -0.2) is 45.6 Å². The number of ether oxygens (including phenoxy) is 3. The van der Waals surface area contributed by atoms with Crippen LogP contribution in [0.2, 0.25) is 0 Å². The van der Waals surface area contributed by atoms with E-state index in [-0.39, 0.29) is 18.3 Å². The van der Waals surface area contributed by atoms with Gasteiger partial charge in [-0.15, -0.1) is 10.2 Å². The van der Waals surface area contributed by atoms with E-state index in [0.717, 1.165) is 21.7 Å². The highest BCUT2D eigenvalue weighted by Crippen LogP contribution is 2.29. The van der Waals surface area contributed by atoms with E-state index in [1.54, 1.807) is 14.2 Å². The molecule has 0 aliphatic heterocycles. The minimum absolute atomic E-state index is 0.167. The van der Waals surface area contributed by atoms with Crippen LogP contribution < -0.4 is 19.5 Å². The number of aromatic nitrogens is 4. The van der Waals surface area contributed by atoms with Crippen LogP contribution in [-0.2, 0) is 18.4 Å². The van der Waals surface area contributed by atoms with Gasteiger partial charge in [-0.1, -0.05) is 23.1 Å². The van der Waals surface area contributed by atoms with Crippen LogP contribution in [0.4, 0.5) is 5.13 Å². The lowest BCUT2D eigenvalue weighted by molar-refractivity contribution is -0.113. The van der Waals surface area contributed by atoms with Crippen molar-refractivity contribution in [3.63, 3.8) is 0 Å². The highest BCUT2D eigenvalue weighted by Gasteiger charge is 2.14. The minimum Gasteiger partial charge on any atom is -0.497 e. The predicted octanol–water partition coefficient (Wildman–Crippen LogP) is 3.75. The summed E-state index contributed by atoms with van der Waals surface area (Å²) in [5, 5.41) is 12.3. The molecule has 0 atom stereocenters. The number of thiazole rings is 1. The van der Waals surface area contributed by atoms with E-state index in [1.807, 2.05) is 54.1 Å². The van der Waals surface area contributed by atoms with Crippen molar-refractivity contribution in [2.45, 2.75) is 11.8 Å². The molecular weight excluding hydrogens is 450 g/mol. The molecule has 1 N–H and O–H groups in total. The Labute approximate surface area is 192 Å². The third-order valence-electron chi connectivity index (χ3n) is 4.53. The van der Waals surface area contributed by atoms with Gasteiger partial charge in [0.05, 0.1) is 30.2 Å². The number of hydrogen-bond donors (Lipinski definition) is 1. The zero-order chi connectivity index (χ0) is 22.5. The van der Waals surface area contributed by atoms with Crippen molar-refractivity contribution >= 4 is 44.4 Å². The van der Waals surface area contributed by atoms with Crippen LogP contribution in [0.25, 0.3) is 10.2 Å². The molecule has 0 saturated carbocycles. The van der Waals surface area contributed by atoms with E-state index < -0.39 is 0 Å². The van der Waals surface area contributed by atoms with E-state index >= 15 is 0 Å². The summed E-state index contributed by atoms with van der Waals surface area (Å²) < 4.78 is 18.9. The number of hydrogen-bond acceptors (Lipinski definition) is 9. The second-order valence-electron chi connectivity index (χ2n) is 6.61. The fourth-order valence-electron chi connectivity index (χ4n) is 2.79. The monoisotopic (exact) mass is 471 g/mol. The van der Waals surface area contributed by atoms with E-state index in [9.17, 15) is 4.79 Å². The van der Waals surface area contributed by atoms with Crippen LogP contribution in [0, 0.1) is 0 Å². The molecule has 4 rings (SSSR count). The first-order chi connectivity index (χ1) is 15.6. The van der Waals surface area contributed by atoms with Gasteiger partial charge in [0.2, 0.25) is 5.91 Å². The Morgan fingerprint density at radius 2 is 1.78 bits per heavy atom. The summed E-state index contributed by atoms with van der Waals surface area (Å²) in [6, 6.07) is 12.9. The standard InChI is InChI=1S/C21H21N5O4S2/c1-26-18(11-30-14-6-4-13(28-2)5-7-14)24-25-21(26)31-12-19(27)23-20-22-16-9-8-15(29-3)10-17(16)32-20/h4-10H,11-12H2,1-3H3,(H,22,23,27). The lowest BCUT2D eigenvalue weighted by Crippen LogP contribution is -2.14. The second-order valence-corrected chi connectivity index (χ2v) is 8.58. The average Bonchev–Trinajstić information content (AvgIpc) is 3.38. The van der Waals surface area contributed by atoms with Gasteiger partial charge in [0.25, 0.3) is 0 Å². The quantitative estimate of drug-likeness (QED) is 0.369. The molecule has 2 aromatic heterocycles. The number of fused-ring (bicyclic) bond motifs is 1. The van der Waals surface area contributed by atoms with Gasteiger partial charge in [0, 0.05) is 7.05 Å². The Kier molecular flexibility index (Phi) is 6.76. The molecule has 9 nitrogen and oxygen atoms in total. The molecular formula is C21H21N5O4S2. The van der Waals surface area contributed by atoms with Gasteiger partial charge in [0.15, 0.2) is 16.1 Å². The molecule has 0 spiro atoms. The fourth-order valence-corrected chi connectivity index (χ4v) is 4.43. The third-order valence-corrected chi connectivity index (χ3v) is 6.48. The summed E-state index contributed by atoms with van der Waals surface area (Å²) in [4.78, 5) is 16.8. The maximum absolute atomic E-state index is 12.4. The van der Waals surface area contributed by atoms with Crippen LogP contribution in [0.3, 0.4) is 0 Å². The number of carbonyl (C=O) groups excluding carboxylic acids is 1. The van der Waals surface area contributed by atoms with E-state index in [1.165, 1.54) is 23.1 Å². The van der Waals surface area contributed by atoms with Gasteiger partial charge in [-0.3, -0.25) is 4.79 Å². The Hall–Kier alpha value is -3.31. The van der Waals surface area contributed by atoms with Gasteiger partial charge >= 0.3 is 0 Å². The first-order valence-electron chi connectivity index (χ1n) is 9.58. The summed E-state index contributed by atoms with van der Waals surface area (Å²) in [7, 11) is 5.07. The lowest BCUT2D eigenvalue weighted by atomic mass is 10.3. The highest BCUT2D eigenvalue weighted by atomic mass is 32.2. The molecule has 2 heterocycles. The normalized spacial score (nSPS) is 10.8. The number of methoxy groups -OCH3 is 2. The topological polar surface area (TPSA) is 100 Å². The second kappa shape index (κ2) is 9.88. The summed E-state index contributed by atoms with van der Waals surface area (Å²) in [5.74, 6) is 2.90. The Morgan fingerprint density at radius 1 is 1.06 bits per heavy atom. The van der Waals surface area contributed by atoms with Gasteiger partial charge in [-0.05, 0) is 42.5 Å². The largest absolute Gasteiger partial charge is 0.497 e. The minimum atomic E-state index is -0.167. The van der Waals surface area contributed by atoms with Gasteiger partial charge in [-0.2, -0.15) is 0 Å². The van der Waals surface area contributed by atoms with E-state index in [4.69, 9.17) is 14.2 Å². The Bertz CT molecular complexity index is 1220. The molecule has 2 aromatic carbocycles. The Balaban J connectivity index is 1.30. The fraction of sp³-hybridized carbons (Fsp3) is 0.238. The van der Waals surface area contributed by atoms with Crippen molar-refractivity contribution in [3.8, 4) is 17.2 Å². The number of benzene rings is 2. The van der Waals surface area contributed by atoms with Gasteiger partial charge in [0.1, 0.15) is 23.9 Å². The summed E-state index contributed by atoms with van der Waals surface area (Å²) in [5.41, 5.74) is 0.813. The van der Waals surface area contributed by atoms with Crippen LogP contribution in [0.15, 0.2) is 47.6 Å². The van der Waals surface area contributed by atoms with Gasteiger partial charge in [-0.25, -0.2) is 4.98 Å². The molecule has 0 radical (unpaired) electrons. The summed E-state index contributed by atoms with van der Waals surface area (Å²) >= 11 is 2.70. The molecule has 0 bridgehead atoms. The molecule has 0 unspecified atom stereocenters. The molecule has 166 valence electrons. The number of anilines is 1. The molecule has 1 amide bonds. The smallest absolute Gasteiger partial charge is 0.236 e. The first-order valence-corrected chi connectivity index (χ1v) is 11.4. The van der Waals surface area contributed by atoms with Crippen molar-refractivity contribution in [1.29, 1.82) is 0 Å². The molecule has 0 saturated heterocycles.